The lowest BCUT2D eigenvalue weighted by Crippen LogP contribution is -2.32. The lowest BCUT2D eigenvalue weighted by Gasteiger charge is -2.19. The van der Waals surface area contributed by atoms with E-state index in [-0.39, 0.29) is 24.3 Å². The van der Waals surface area contributed by atoms with Crippen molar-refractivity contribution in [2.75, 3.05) is 6.54 Å². The molecule has 6 N–H and O–H groups in total. The monoisotopic (exact) mass is 482 g/mol. The van der Waals surface area contributed by atoms with Gasteiger partial charge in [0.25, 0.3) is 0 Å². The molecule has 0 radical (unpaired) electrons. The maximum absolute atomic E-state index is 12.2. The number of nitrogens with two attached hydrogens (primary N) is 1. The molecule has 180 valence electrons. The fourth-order valence-corrected chi connectivity index (χ4v) is 4.10. The second-order valence-corrected chi connectivity index (χ2v) is 9.04. The van der Waals surface area contributed by atoms with Crippen LogP contribution in [0.3, 0.4) is 0 Å². The van der Waals surface area contributed by atoms with Crippen LogP contribution < -0.4 is 11.1 Å². The van der Waals surface area contributed by atoms with Crippen LogP contribution in [0.2, 0.25) is 5.02 Å². The lowest BCUT2D eigenvalue weighted by molar-refractivity contribution is -0.119. The summed E-state index contributed by atoms with van der Waals surface area (Å²) < 4.78 is 0. The summed E-state index contributed by atoms with van der Waals surface area (Å²) in [5.74, 6) is -0.816. The number of aliphatic hydroxyl groups excluding tert-OH is 2. The molecule has 0 aliphatic rings. The number of carbonyl (C=O) groups is 1. The molecule has 0 saturated carbocycles. The summed E-state index contributed by atoms with van der Waals surface area (Å²) in [4.78, 5) is 12.2. The van der Waals surface area contributed by atoms with E-state index >= 15 is 0 Å². The fraction of sp³-hybridized carbons (Fsp3) is 0.296. The van der Waals surface area contributed by atoms with Crippen LogP contribution in [-0.2, 0) is 24.2 Å². The van der Waals surface area contributed by atoms with Crippen molar-refractivity contribution in [3.63, 3.8) is 0 Å². The van der Waals surface area contributed by atoms with Crippen molar-refractivity contribution >= 4 is 17.5 Å². The van der Waals surface area contributed by atoms with Crippen molar-refractivity contribution < 1.29 is 20.1 Å². The standard InChI is InChI=1S/C27H31ClN2O4/c1-17(30-15-26(33)21-7-10-25(32)22(14-21)16-31)11-19-3-2-4-20(12-19)24(27(29)34)13-18-5-8-23(28)9-6-18/h2-10,12,14,17,24,26,30-33H,11,13,15-16H2,1H3,(H2,29,34)/t17-,24?,26+/m1/s1. The Balaban J connectivity index is 1.62. The summed E-state index contributed by atoms with van der Waals surface area (Å²) in [6.07, 6.45) is 0.418. The SMILES string of the molecule is C[C@H](Cc1cccc(C(Cc2ccc(Cl)cc2)C(N)=O)c1)NC[C@H](O)c1ccc(O)c(CO)c1. The molecule has 0 fully saturated rings. The van der Waals surface area contributed by atoms with Crippen LogP contribution in [0.15, 0.2) is 66.7 Å². The first-order valence-corrected chi connectivity index (χ1v) is 11.6. The number of amides is 1. The quantitative estimate of drug-likeness (QED) is 0.286. The van der Waals surface area contributed by atoms with Gasteiger partial charge in [-0.2, -0.15) is 0 Å². The normalized spacial score (nSPS) is 13.9. The minimum atomic E-state index is -0.779. The van der Waals surface area contributed by atoms with Crippen LogP contribution in [-0.4, -0.2) is 33.8 Å². The second-order valence-electron chi connectivity index (χ2n) is 8.61. The Hall–Kier alpha value is -2.90. The average Bonchev–Trinajstić information content (AvgIpc) is 2.82. The molecule has 0 spiro atoms. The van der Waals surface area contributed by atoms with Gasteiger partial charge >= 0.3 is 0 Å². The first kappa shape index (κ1) is 25.7. The molecular weight excluding hydrogens is 452 g/mol. The van der Waals surface area contributed by atoms with E-state index in [0.717, 1.165) is 16.7 Å². The van der Waals surface area contributed by atoms with Gasteiger partial charge in [-0.15, -0.1) is 0 Å². The predicted octanol–water partition coefficient (Wildman–Crippen LogP) is 3.60. The molecule has 0 aromatic heterocycles. The lowest BCUT2D eigenvalue weighted by atomic mass is 9.89. The molecule has 7 heteroatoms. The number of phenols is 1. The van der Waals surface area contributed by atoms with E-state index in [1.54, 1.807) is 24.3 Å². The molecule has 3 atom stereocenters. The van der Waals surface area contributed by atoms with E-state index in [9.17, 15) is 20.1 Å². The van der Waals surface area contributed by atoms with Gasteiger partial charge in [0.1, 0.15) is 5.75 Å². The van der Waals surface area contributed by atoms with E-state index in [4.69, 9.17) is 17.3 Å². The van der Waals surface area contributed by atoms with Gasteiger partial charge < -0.3 is 26.4 Å². The smallest absolute Gasteiger partial charge is 0.225 e. The highest BCUT2D eigenvalue weighted by atomic mass is 35.5. The maximum atomic E-state index is 12.2. The van der Waals surface area contributed by atoms with E-state index in [1.165, 1.54) is 6.07 Å². The third-order valence-electron chi connectivity index (χ3n) is 5.91. The zero-order valence-corrected chi connectivity index (χ0v) is 19.9. The topological polar surface area (TPSA) is 116 Å². The molecule has 0 saturated heterocycles. The molecule has 3 aromatic rings. The Morgan fingerprint density at radius 1 is 1.00 bits per heavy atom. The number of aliphatic hydroxyl groups is 2. The van der Waals surface area contributed by atoms with Gasteiger partial charge in [-0.1, -0.05) is 54.1 Å². The number of carbonyl (C=O) groups excluding carboxylic acids is 1. The highest BCUT2D eigenvalue weighted by Crippen LogP contribution is 2.24. The Morgan fingerprint density at radius 3 is 2.41 bits per heavy atom. The highest BCUT2D eigenvalue weighted by Gasteiger charge is 2.19. The second kappa shape index (κ2) is 12.0. The number of rotatable bonds is 11. The van der Waals surface area contributed by atoms with Crippen LogP contribution >= 0.6 is 11.6 Å². The molecular formula is C27H31ClN2O4. The van der Waals surface area contributed by atoms with Crippen molar-refractivity contribution in [1.82, 2.24) is 5.32 Å². The number of hydrogen-bond donors (Lipinski definition) is 5. The summed E-state index contributed by atoms with van der Waals surface area (Å²) in [5.41, 5.74) is 9.64. The number of primary amides is 1. The third kappa shape index (κ3) is 7.05. The first-order valence-electron chi connectivity index (χ1n) is 11.2. The Labute approximate surface area is 205 Å². The number of aromatic hydroxyl groups is 1. The molecule has 6 nitrogen and oxygen atoms in total. The molecule has 1 unspecified atom stereocenters. The zero-order valence-electron chi connectivity index (χ0n) is 19.1. The van der Waals surface area contributed by atoms with Gasteiger partial charge in [0, 0.05) is 23.2 Å². The van der Waals surface area contributed by atoms with Gasteiger partial charge in [0.2, 0.25) is 5.91 Å². The summed E-state index contributed by atoms with van der Waals surface area (Å²) in [6.45, 7) is 2.04. The van der Waals surface area contributed by atoms with E-state index in [0.29, 0.717) is 35.5 Å². The van der Waals surface area contributed by atoms with Crippen LogP contribution in [0.25, 0.3) is 0 Å². The van der Waals surface area contributed by atoms with E-state index in [2.05, 4.69) is 5.32 Å². The Morgan fingerprint density at radius 2 is 1.74 bits per heavy atom. The van der Waals surface area contributed by atoms with Crippen LogP contribution in [0.5, 0.6) is 5.75 Å². The molecule has 0 bridgehead atoms. The fourth-order valence-electron chi connectivity index (χ4n) is 3.97. The minimum absolute atomic E-state index is 0.00462. The van der Waals surface area contributed by atoms with Gasteiger partial charge in [-0.05, 0) is 66.3 Å². The number of hydrogen-bond acceptors (Lipinski definition) is 5. The maximum Gasteiger partial charge on any atom is 0.225 e. The van der Waals surface area contributed by atoms with Crippen molar-refractivity contribution in [1.29, 1.82) is 0 Å². The summed E-state index contributed by atoms with van der Waals surface area (Å²) in [7, 11) is 0. The highest BCUT2D eigenvalue weighted by molar-refractivity contribution is 6.30. The molecule has 0 aliphatic carbocycles. The van der Waals surface area contributed by atoms with Gasteiger partial charge in [-0.3, -0.25) is 4.79 Å². The summed E-state index contributed by atoms with van der Waals surface area (Å²) in [6, 6.07) is 20.0. The number of benzene rings is 3. The summed E-state index contributed by atoms with van der Waals surface area (Å²) >= 11 is 5.96. The van der Waals surface area contributed by atoms with Crippen molar-refractivity contribution in [3.05, 3.63) is 99.6 Å². The zero-order chi connectivity index (χ0) is 24.7. The number of nitrogens with one attached hydrogen (secondary N) is 1. The minimum Gasteiger partial charge on any atom is -0.508 e. The van der Waals surface area contributed by atoms with Gasteiger partial charge in [-0.25, -0.2) is 0 Å². The van der Waals surface area contributed by atoms with Gasteiger partial charge in [0.15, 0.2) is 0 Å². The third-order valence-corrected chi connectivity index (χ3v) is 6.16. The Bertz CT molecular complexity index is 1100. The van der Waals surface area contributed by atoms with Crippen LogP contribution in [0.4, 0.5) is 0 Å². The van der Waals surface area contributed by atoms with Crippen LogP contribution in [0, 0.1) is 0 Å². The molecule has 1 amide bonds. The summed E-state index contributed by atoms with van der Waals surface area (Å²) in [5, 5.41) is 33.5. The molecule has 3 rings (SSSR count). The van der Waals surface area contributed by atoms with Crippen molar-refractivity contribution in [3.8, 4) is 5.75 Å². The largest absolute Gasteiger partial charge is 0.508 e. The van der Waals surface area contributed by atoms with Gasteiger partial charge in [0.05, 0.1) is 18.6 Å². The molecule has 0 aliphatic heterocycles. The Kier molecular flexibility index (Phi) is 9.07. The molecule has 3 aromatic carbocycles. The first-order chi connectivity index (χ1) is 16.3. The molecule has 34 heavy (non-hydrogen) atoms. The van der Waals surface area contributed by atoms with Crippen molar-refractivity contribution in [2.45, 2.75) is 44.4 Å². The van der Waals surface area contributed by atoms with Crippen LogP contribution in [0.1, 0.15) is 46.8 Å². The van der Waals surface area contributed by atoms with Crippen molar-refractivity contribution in [2.24, 2.45) is 5.73 Å². The molecule has 0 heterocycles. The average molecular weight is 483 g/mol. The van der Waals surface area contributed by atoms with E-state index < -0.39 is 12.0 Å². The predicted molar refractivity (Wildman–Crippen MR) is 134 cm³/mol. The van der Waals surface area contributed by atoms with E-state index in [1.807, 2.05) is 43.3 Å². The number of halogens is 1.